The number of likely N-dealkylation sites (N-methyl/N-ethyl adjacent to an activating group) is 1. The molecule has 1 unspecified atom stereocenters. The van der Waals surface area contributed by atoms with Crippen molar-refractivity contribution in [1.82, 2.24) is 5.32 Å². The quantitative estimate of drug-likeness (QED) is 0.908. The van der Waals surface area contributed by atoms with Gasteiger partial charge < -0.3 is 15.0 Å². The van der Waals surface area contributed by atoms with Crippen molar-refractivity contribution in [1.29, 1.82) is 0 Å². The van der Waals surface area contributed by atoms with E-state index < -0.39 is 6.10 Å². The summed E-state index contributed by atoms with van der Waals surface area (Å²) in [4.78, 5) is 25.3. The number of carbonyl (C=O) groups is 2. The molecule has 2 amide bonds. The van der Waals surface area contributed by atoms with Gasteiger partial charge >= 0.3 is 0 Å². The van der Waals surface area contributed by atoms with Crippen LogP contribution in [0.2, 0.25) is 0 Å². The molecule has 0 aliphatic carbocycles. The van der Waals surface area contributed by atoms with Gasteiger partial charge in [-0.1, -0.05) is 26.0 Å². The number of fused-ring (bicyclic) bond motifs is 1. The van der Waals surface area contributed by atoms with E-state index >= 15 is 0 Å². The van der Waals surface area contributed by atoms with Gasteiger partial charge in [-0.15, -0.1) is 0 Å². The maximum Gasteiger partial charge on any atom is 0.267 e. The number of hydrogen-bond acceptors (Lipinski definition) is 3. The summed E-state index contributed by atoms with van der Waals surface area (Å²) >= 11 is 0. The predicted molar refractivity (Wildman–Crippen MR) is 76.7 cm³/mol. The van der Waals surface area contributed by atoms with E-state index in [0.717, 1.165) is 5.69 Å². The van der Waals surface area contributed by atoms with Crippen LogP contribution in [0.1, 0.15) is 20.3 Å². The summed E-state index contributed by atoms with van der Waals surface area (Å²) in [6.07, 6.45) is -0.0713. The van der Waals surface area contributed by atoms with E-state index in [1.165, 1.54) is 0 Å². The number of ether oxygens (including phenoxy) is 1. The van der Waals surface area contributed by atoms with Crippen LogP contribution in [0.3, 0.4) is 0 Å². The minimum absolute atomic E-state index is 0.0120. The minimum Gasteiger partial charge on any atom is -0.478 e. The van der Waals surface area contributed by atoms with E-state index in [1.54, 1.807) is 11.9 Å². The van der Waals surface area contributed by atoms with Crippen LogP contribution in [0.15, 0.2) is 24.3 Å². The van der Waals surface area contributed by atoms with Gasteiger partial charge in [-0.25, -0.2) is 0 Å². The topological polar surface area (TPSA) is 58.6 Å². The van der Waals surface area contributed by atoms with Crippen LogP contribution in [-0.2, 0) is 9.59 Å². The molecule has 0 saturated heterocycles. The van der Waals surface area contributed by atoms with Crippen LogP contribution in [0.4, 0.5) is 5.69 Å². The van der Waals surface area contributed by atoms with Crippen molar-refractivity contribution in [2.24, 2.45) is 5.92 Å². The molecule has 5 nitrogen and oxygen atoms in total. The zero-order chi connectivity index (χ0) is 14.7. The number of amides is 2. The van der Waals surface area contributed by atoms with E-state index in [-0.39, 0.29) is 17.7 Å². The van der Waals surface area contributed by atoms with Gasteiger partial charge in [0.15, 0.2) is 6.10 Å². The lowest BCUT2D eigenvalue weighted by molar-refractivity contribution is -0.127. The summed E-state index contributed by atoms with van der Waals surface area (Å²) < 4.78 is 5.71. The molecule has 1 heterocycles. The Labute approximate surface area is 118 Å². The Bertz CT molecular complexity index is 514. The number of rotatable bonds is 4. The van der Waals surface area contributed by atoms with Gasteiger partial charge in [-0.05, 0) is 12.1 Å². The van der Waals surface area contributed by atoms with Crippen molar-refractivity contribution in [3.05, 3.63) is 24.3 Å². The van der Waals surface area contributed by atoms with Gasteiger partial charge in [0, 0.05) is 25.9 Å². The highest BCUT2D eigenvalue weighted by Gasteiger charge is 2.31. The number of nitrogens with one attached hydrogen (secondary N) is 1. The molecule has 1 aromatic carbocycles. The monoisotopic (exact) mass is 276 g/mol. The third-order valence-electron chi connectivity index (χ3n) is 3.33. The van der Waals surface area contributed by atoms with Gasteiger partial charge in [-0.3, -0.25) is 9.59 Å². The Morgan fingerprint density at radius 1 is 1.40 bits per heavy atom. The standard InChI is InChI=1S/C15H20N2O3/c1-10(2)14(18)16-9-8-13-15(19)17(3)11-6-4-5-7-12(11)20-13/h4-7,10,13H,8-9H2,1-3H3,(H,16,18). The van der Waals surface area contributed by atoms with Crippen LogP contribution < -0.4 is 15.0 Å². The number of anilines is 1. The van der Waals surface area contributed by atoms with Crippen LogP contribution in [0.25, 0.3) is 0 Å². The number of carbonyl (C=O) groups excluding carboxylic acids is 2. The number of hydrogen-bond donors (Lipinski definition) is 1. The largest absolute Gasteiger partial charge is 0.478 e. The lowest BCUT2D eigenvalue weighted by atomic mass is 10.1. The molecule has 5 heteroatoms. The third-order valence-corrected chi connectivity index (χ3v) is 3.33. The molecule has 0 saturated carbocycles. The molecule has 0 aromatic heterocycles. The maximum atomic E-state index is 12.2. The average molecular weight is 276 g/mol. The van der Waals surface area contributed by atoms with Crippen molar-refractivity contribution < 1.29 is 14.3 Å². The number of para-hydroxylation sites is 2. The molecule has 20 heavy (non-hydrogen) atoms. The maximum absolute atomic E-state index is 12.2. The van der Waals surface area contributed by atoms with Crippen LogP contribution in [0, 0.1) is 5.92 Å². The molecule has 0 spiro atoms. The first kappa shape index (κ1) is 14.4. The highest BCUT2D eigenvalue weighted by atomic mass is 16.5. The third kappa shape index (κ3) is 2.92. The van der Waals surface area contributed by atoms with E-state index in [4.69, 9.17) is 4.74 Å². The molecule has 0 radical (unpaired) electrons. The summed E-state index contributed by atoms with van der Waals surface area (Å²) in [5.74, 6) is 0.556. The summed E-state index contributed by atoms with van der Waals surface area (Å²) in [7, 11) is 1.74. The molecule has 1 atom stereocenters. The van der Waals surface area contributed by atoms with Crippen LogP contribution >= 0.6 is 0 Å². The van der Waals surface area contributed by atoms with Crippen molar-refractivity contribution in [2.45, 2.75) is 26.4 Å². The Kier molecular flexibility index (Phi) is 4.27. The molecular formula is C15H20N2O3. The van der Waals surface area contributed by atoms with Crippen LogP contribution in [-0.4, -0.2) is 31.5 Å². The van der Waals surface area contributed by atoms with Crippen molar-refractivity contribution >= 4 is 17.5 Å². The molecule has 0 bridgehead atoms. The SMILES string of the molecule is CC(C)C(=O)NCCC1Oc2ccccc2N(C)C1=O. The molecule has 1 aromatic rings. The second-order valence-electron chi connectivity index (χ2n) is 5.21. The summed E-state index contributed by atoms with van der Waals surface area (Å²) in [6, 6.07) is 7.44. The Morgan fingerprint density at radius 2 is 2.10 bits per heavy atom. The van der Waals surface area contributed by atoms with E-state index in [0.29, 0.717) is 18.7 Å². The summed E-state index contributed by atoms with van der Waals surface area (Å²) in [5.41, 5.74) is 0.778. The summed E-state index contributed by atoms with van der Waals surface area (Å²) in [5, 5.41) is 2.80. The van der Waals surface area contributed by atoms with Gasteiger partial charge in [-0.2, -0.15) is 0 Å². The average Bonchev–Trinajstić information content (AvgIpc) is 2.44. The zero-order valence-electron chi connectivity index (χ0n) is 12.1. The smallest absolute Gasteiger partial charge is 0.267 e. The molecule has 1 aliphatic heterocycles. The highest BCUT2D eigenvalue weighted by molar-refractivity contribution is 5.99. The molecule has 1 aliphatic rings. The van der Waals surface area contributed by atoms with Gasteiger partial charge in [0.25, 0.3) is 5.91 Å². The highest BCUT2D eigenvalue weighted by Crippen LogP contribution is 2.33. The lowest BCUT2D eigenvalue weighted by Gasteiger charge is -2.31. The van der Waals surface area contributed by atoms with Gasteiger partial charge in [0.2, 0.25) is 5.91 Å². The number of nitrogens with zero attached hydrogens (tertiary/aromatic N) is 1. The first-order valence-corrected chi connectivity index (χ1v) is 6.81. The molecule has 0 fully saturated rings. The normalized spacial score (nSPS) is 17.7. The zero-order valence-corrected chi connectivity index (χ0v) is 12.1. The van der Waals surface area contributed by atoms with E-state index in [9.17, 15) is 9.59 Å². The Balaban J connectivity index is 1.97. The molecule has 2 rings (SSSR count). The predicted octanol–water partition coefficient (Wildman–Crippen LogP) is 1.57. The second kappa shape index (κ2) is 5.94. The number of benzene rings is 1. The lowest BCUT2D eigenvalue weighted by Crippen LogP contribution is -2.45. The molecule has 108 valence electrons. The Hall–Kier alpha value is -2.04. The Morgan fingerprint density at radius 3 is 2.80 bits per heavy atom. The van der Waals surface area contributed by atoms with Crippen LogP contribution in [0.5, 0.6) is 5.75 Å². The van der Waals surface area contributed by atoms with Gasteiger partial charge in [0.05, 0.1) is 5.69 Å². The molecular weight excluding hydrogens is 256 g/mol. The van der Waals surface area contributed by atoms with Gasteiger partial charge in [0.1, 0.15) is 5.75 Å². The second-order valence-corrected chi connectivity index (χ2v) is 5.21. The van der Waals surface area contributed by atoms with Crippen molar-refractivity contribution in [3.8, 4) is 5.75 Å². The fraction of sp³-hybridized carbons (Fsp3) is 0.467. The fourth-order valence-corrected chi connectivity index (χ4v) is 2.09. The van der Waals surface area contributed by atoms with Crippen molar-refractivity contribution in [3.63, 3.8) is 0 Å². The van der Waals surface area contributed by atoms with E-state index in [2.05, 4.69) is 5.32 Å². The van der Waals surface area contributed by atoms with Crippen molar-refractivity contribution in [2.75, 3.05) is 18.5 Å². The fourth-order valence-electron chi connectivity index (χ4n) is 2.09. The first-order valence-electron chi connectivity index (χ1n) is 6.81. The molecule has 1 N–H and O–H groups in total. The minimum atomic E-state index is -0.539. The first-order chi connectivity index (χ1) is 9.50. The summed E-state index contributed by atoms with van der Waals surface area (Å²) in [6.45, 7) is 4.10. The van der Waals surface area contributed by atoms with E-state index in [1.807, 2.05) is 38.1 Å².